The Morgan fingerprint density at radius 3 is 2.39 bits per heavy atom. The first-order valence-corrected chi connectivity index (χ1v) is 6.40. The third-order valence-corrected chi connectivity index (χ3v) is 3.47. The fourth-order valence-corrected chi connectivity index (χ4v) is 2.39. The van der Waals surface area contributed by atoms with Crippen molar-refractivity contribution in [2.75, 3.05) is 0 Å². The lowest BCUT2D eigenvalue weighted by Crippen LogP contribution is -2.47. The highest BCUT2D eigenvalue weighted by Gasteiger charge is 2.32. The second-order valence-electron chi connectivity index (χ2n) is 4.80. The standard InChI is InChI=1S/C14H17N3O/c15-11-14(7-3-1-2-4-8-14)17-13(18)12-5-9-16-10-6-12/h5-6,9-10H,1-4,7-8H2,(H,17,18). The highest BCUT2D eigenvalue weighted by molar-refractivity contribution is 5.94. The minimum atomic E-state index is -0.684. The maximum atomic E-state index is 12.1. The molecule has 4 heteroatoms. The molecule has 94 valence electrons. The predicted octanol–water partition coefficient (Wildman–Crippen LogP) is 2.43. The van der Waals surface area contributed by atoms with Gasteiger partial charge >= 0.3 is 0 Å². The lowest BCUT2D eigenvalue weighted by atomic mass is 9.91. The van der Waals surface area contributed by atoms with Gasteiger partial charge in [0.15, 0.2) is 0 Å². The van der Waals surface area contributed by atoms with Crippen molar-refractivity contribution >= 4 is 5.91 Å². The molecule has 0 atom stereocenters. The quantitative estimate of drug-likeness (QED) is 0.811. The Bertz CT molecular complexity index is 442. The first-order valence-electron chi connectivity index (χ1n) is 6.40. The van der Waals surface area contributed by atoms with Crippen molar-refractivity contribution in [2.24, 2.45) is 0 Å². The first-order chi connectivity index (χ1) is 8.76. The summed E-state index contributed by atoms with van der Waals surface area (Å²) >= 11 is 0. The van der Waals surface area contributed by atoms with E-state index in [9.17, 15) is 10.1 Å². The number of hydrogen-bond acceptors (Lipinski definition) is 3. The molecule has 1 heterocycles. The number of nitriles is 1. The number of amides is 1. The number of hydrogen-bond donors (Lipinski definition) is 1. The molecule has 2 rings (SSSR count). The van der Waals surface area contributed by atoms with Crippen molar-refractivity contribution in [1.29, 1.82) is 5.26 Å². The van der Waals surface area contributed by atoms with Gasteiger partial charge in [-0.15, -0.1) is 0 Å². The molecule has 0 aromatic carbocycles. The average molecular weight is 243 g/mol. The normalized spacial score (nSPS) is 18.4. The summed E-state index contributed by atoms with van der Waals surface area (Å²) in [5.74, 6) is -0.180. The summed E-state index contributed by atoms with van der Waals surface area (Å²) < 4.78 is 0. The zero-order valence-electron chi connectivity index (χ0n) is 10.4. The fraction of sp³-hybridized carbons (Fsp3) is 0.500. The topological polar surface area (TPSA) is 65.8 Å². The van der Waals surface area contributed by atoms with Crippen LogP contribution in [0.2, 0.25) is 0 Å². The van der Waals surface area contributed by atoms with Gasteiger partial charge in [-0.25, -0.2) is 0 Å². The van der Waals surface area contributed by atoms with Crippen LogP contribution in [-0.4, -0.2) is 16.4 Å². The van der Waals surface area contributed by atoms with Crippen LogP contribution in [0.1, 0.15) is 48.9 Å². The van der Waals surface area contributed by atoms with Crippen LogP contribution in [0.5, 0.6) is 0 Å². The van der Waals surface area contributed by atoms with Crippen molar-refractivity contribution in [3.63, 3.8) is 0 Å². The summed E-state index contributed by atoms with van der Waals surface area (Å²) in [6, 6.07) is 5.64. The fourth-order valence-electron chi connectivity index (χ4n) is 2.39. The molecule has 0 aliphatic heterocycles. The number of nitrogens with one attached hydrogen (secondary N) is 1. The molecule has 1 aliphatic carbocycles. The Balaban J connectivity index is 2.11. The van der Waals surface area contributed by atoms with Crippen LogP contribution in [0.25, 0.3) is 0 Å². The summed E-state index contributed by atoms with van der Waals surface area (Å²) in [4.78, 5) is 16.0. The van der Waals surface area contributed by atoms with Crippen molar-refractivity contribution in [2.45, 2.75) is 44.1 Å². The van der Waals surface area contributed by atoms with E-state index in [1.807, 2.05) is 0 Å². The highest BCUT2D eigenvalue weighted by Crippen LogP contribution is 2.26. The van der Waals surface area contributed by atoms with Crippen LogP contribution < -0.4 is 5.32 Å². The van der Waals surface area contributed by atoms with Gasteiger partial charge in [-0.3, -0.25) is 9.78 Å². The molecule has 0 unspecified atom stereocenters. The second-order valence-corrected chi connectivity index (χ2v) is 4.80. The van der Waals surface area contributed by atoms with Crippen LogP contribution >= 0.6 is 0 Å². The zero-order chi connectivity index (χ0) is 12.8. The number of carbonyl (C=O) groups is 1. The zero-order valence-corrected chi connectivity index (χ0v) is 10.4. The van der Waals surface area contributed by atoms with E-state index in [-0.39, 0.29) is 5.91 Å². The van der Waals surface area contributed by atoms with Crippen molar-refractivity contribution in [3.8, 4) is 6.07 Å². The van der Waals surface area contributed by atoms with Crippen LogP contribution in [0.3, 0.4) is 0 Å². The van der Waals surface area contributed by atoms with Gasteiger partial charge in [-0.05, 0) is 25.0 Å². The Labute approximate surface area is 107 Å². The minimum absolute atomic E-state index is 0.180. The summed E-state index contributed by atoms with van der Waals surface area (Å²) in [7, 11) is 0. The van der Waals surface area contributed by atoms with Crippen molar-refractivity contribution in [3.05, 3.63) is 30.1 Å². The van der Waals surface area contributed by atoms with E-state index in [1.165, 1.54) is 0 Å². The van der Waals surface area contributed by atoms with E-state index < -0.39 is 5.54 Å². The lowest BCUT2D eigenvalue weighted by molar-refractivity contribution is 0.0913. The second kappa shape index (κ2) is 5.63. The highest BCUT2D eigenvalue weighted by atomic mass is 16.1. The Kier molecular flexibility index (Phi) is 3.93. The van der Waals surface area contributed by atoms with E-state index >= 15 is 0 Å². The van der Waals surface area contributed by atoms with Gasteiger partial charge in [-0.2, -0.15) is 5.26 Å². The van der Waals surface area contributed by atoms with E-state index in [2.05, 4.69) is 16.4 Å². The summed E-state index contributed by atoms with van der Waals surface area (Å²) in [6.07, 6.45) is 8.97. The molecule has 0 radical (unpaired) electrons. The van der Waals surface area contributed by atoms with Crippen LogP contribution in [0.15, 0.2) is 24.5 Å². The Hall–Kier alpha value is -1.89. The molecule has 18 heavy (non-hydrogen) atoms. The molecule has 1 aromatic rings. The largest absolute Gasteiger partial charge is 0.334 e. The van der Waals surface area contributed by atoms with Crippen LogP contribution in [-0.2, 0) is 0 Å². The van der Waals surface area contributed by atoms with Gasteiger partial charge in [0, 0.05) is 18.0 Å². The monoisotopic (exact) mass is 243 g/mol. The summed E-state index contributed by atoms with van der Waals surface area (Å²) in [5, 5.41) is 12.3. The summed E-state index contributed by atoms with van der Waals surface area (Å²) in [5.41, 5.74) is -0.125. The number of rotatable bonds is 2. The SMILES string of the molecule is N#CC1(NC(=O)c2ccncc2)CCCCCC1. The molecule has 1 saturated carbocycles. The molecule has 1 aliphatic rings. The molecule has 4 nitrogen and oxygen atoms in total. The third-order valence-electron chi connectivity index (χ3n) is 3.47. The van der Waals surface area contributed by atoms with Gasteiger partial charge in [0.25, 0.3) is 5.91 Å². The Morgan fingerprint density at radius 2 is 1.83 bits per heavy atom. The molecule has 1 aromatic heterocycles. The number of pyridine rings is 1. The van der Waals surface area contributed by atoms with Crippen molar-refractivity contribution in [1.82, 2.24) is 10.3 Å². The number of aromatic nitrogens is 1. The Morgan fingerprint density at radius 1 is 1.22 bits per heavy atom. The minimum Gasteiger partial charge on any atom is -0.334 e. The molecular formula is C14H17N3O. The van der Waals surface area contributed by atoms with Gasteiger partial charge < -0.3 is 5.32 Å². The van der Waals surface area contributed by atoms with E-state index in [0.29, 0.717) is 5.56 Å². The predicted molar refractivity (Wildman–Crippen MR) is 67.7 cm³/mol. The molecule has 0 saturated heterocycles. The number of carbonyl (C=O) groups excluding carboxylic acids is 1. The molecule has 0 bridgehead atoms. The number of nitrogens with zero attached hydrogens (tertiary/aromatic N) is 2. The average Bonchev–Trinajstić information content (AvgIpc) is 2.66. The lowest BCUT2D eigenvalue weighted by Gasteiger charge is -2.26. The third kappa shape index (κ3) is 2.86. The first kappa shape index (κ1) is 12.6. The van der Waals surface area contributed by atoms with Gasteiger partial charge in [0.2, 0.25) is 0 Å². The molecule has 1 amide bonds. The molecule has 1 fully saturated rings. The van der Waals surface area contributed by atoms with Crippen LogP contribution in [0.4, 0.5) is 0 Å². The smallest absolute Gasteiger partial charge is 0.252 e. The summed E-state index contributed by atoms with van der Waals surface area (Å²) in [6.45, 7) is 0. The van der Waals surface area contributed by atoms with Gasteiger partial charge in [0.1, 0.15) is 5.54 Å². The van der Waals surface area contributed by atoms with E-state index in [4.69, 9.17) is 0 Å². The maximum Gasteiger partial charge on any atom is 0.252 e. The van der Waals surface area contributed by atoms with Crippen LogP contribution in [0, 0.1) is 11.3 Å². The molecular weight excluding hydrogens is 226 g/mol. The van der Waals surface area contributed by atoms with Gasteiger partial charge in [-0.1, -0.05) is 25.7 Å². The van der Waals surface area contributed by atoms with Crippen molar-refractivity contribution < 1.29 is 4.79 Å². The van der Waals surface area contributed by atoms with E-state index in [1.54, 1.807) is 24.5 Å². The molecule has 1 N–H and O–H groups in total. The molecule has 0 spiro atoms. The maximum absolute atomic E-state index is 12.1. The van der Waals surface area contributed by atoms with E-state index in [0.717, 1.165) is 38.5 Å². The van der Waals surface area contributed by atoms with Gasteiger partial charge in [0.05, 0.1) is 6.07 Å².